The lowest BCUT2D eigenvalue weighted by Gasteiger charge is -2.36. The predicted octanol–water partition coefficient (Wildman–Crippen LogP) is 4.96. The number of aromatic nitrogens is 2. The summed E-state index contributed by atoms with van der Waals surface area (Å²) in [6.45, 7) is 10.0. The number of benzene rings is 1. The molecule has 152 valence electrons. The van der Waals surface area contributed by atoms with Gasteiger partial charge in [0.25, 0.3) is 0 Å². The van der Waals surface area contributed by atoms with Crippen molar-refractivity contribution in [3.63, 3.8) is 0 Å². The first-order valence-electron chi connectivity index (χ1n) is 10.7. The van der Waals surface area contributed by atoms with Crippen LogP contribution in [0.5, 0.6) is 0 Å². The van der Waals surface area contributed by atoms with E-state index in [2.05, 4.69) is 50.1 Å². The normalized spacial score (nSPS) is 15.1. The van der Waals surface area contributed by atoms with Gasteiger partial charge in [-0.1, -0.05) is 49.2 Å². The van der Waals surface area contributed by atoms with Gasteiger partial charge in [0.05, 0.1) is 0 Å². The third kappa shape index (κ3) is 7.10. The van der Waals surface area contributed by atoms with Crippen LogP contribution in [0.3, 0.4) is 0 Å². The van der Waals surface area contributed by atoms with Gasteiger partial charge >= 0.3 is 0 Å². The molecule has 1 aromatic carbocycles. The Hall–Kier alpha value is -1.59. The number of aryl methyl sites for hydroxylation is 2. The third-order valence-corrected chi connectivity index (χ3v) is 6.24. The number of rotatable bonds is 10. The largest absolute Gasteiger partial charge is 0.369 e. The summed E-state index contributed by atoms with van der Waals surface area (Å²) < 4.78 is 0. The fourth-order valence-electron chi connectivity index (χ4n) is 3.76. The van der Waals surface area contributed by atoms with Crippen LogP contribution < -0.4 is 4.90 Å². The summed E-state index contributed by atoms with van der Waals surface area (Å²) in [7, 11) is 0. The predicted molar refractivity (Wildman–Crippen MR) is 120 cm³/mol. The zero-order chi connectivity index (χ0) is 19.6. The molecule has 1 aliphatic heterocycles. The van der Waals surface area contributed by atoms with Crippen molar-refractivity contribution < 1.29 is 0 Å². The maximum Gasteiger partial charge on any atom is 0.187 e. The molecular formula is C23H34N4S. The fraction of sp³-hybridized carbons (Fsp3) is 0.565. The molecule has 0 N–H and O–H groups in total. The van der Waals surface area contributed by atoms with Gasteiger partial charge in [0.15, 0.2) is 5.16 Å². The SMILES string of the molecule is Cc1cc(C)nc(SCCCCCCCN2CCN(c3ccccc3)CC2)n1. The Kier molecular flexibility index (Phi) is 8.62. The molecule has 2 heterocycles. The summed E-state index contributed by atoms with van der Waals surface area (Å²) in [4.78, 5) is 14.1. The van der Waals surface area contributed by atoms with Crippen LogP contribution in [0.4, 0.5) is 5.69 Å². The van der Waals surface area contributed by atoms with Crippen LogP contribution in [0.25, 0.3) is 0 Å². The summed E-state index contributed by atoms with van der Waals surface area (Å²) in [5.41, 5.74) is 3.51. The molecule has 4 nitrogen and oxygen atoms in total. The van der Waals surface area contributed by atoms with Crippen LogP contribution in [-0.2, 0) is 0 Å². The summed E-state index contributed by atoms with van der Waals surface area (Å²) in [5, 5.41) is 0.937. The van der Waals surface area contributed by atoms with Crippen LogP contribution in [-0.4, -0.2) is 53.3 Å². The summed E-state index contributed by atoms with van der Waals surface area (Å²) >= 11 is 1.80. The minimum atomic E-state index is 0.937. The topological polar surface area (TPSA) is 32.3 Å². The highest BCUT2D eigenvalue weighted by Gasteiger charge is 2.16. The molecule has 1 aromatic heterocycles. The van der Waals surface area contributed by atoms with Gasteiger partial charge in [-0.15, -0.1) is 0 Å². The Balaban J connectivity index is 1.19. The minimum absolute atomic E-state index is 0.937. The molecule has 0 radical (unpaired) electrons. The molecule has 1 fully saturated rings. The van der Waals surface area contributed by atoms with Crippen molar-refractivity contribution in [2.45, 2.75) is 51.1 Å². The highest BCUT2D eigenvalue weighted by Crippen LogP contribution is 2.18. The number of piperazine rings is 1. The first-order valence-corrected chi connectivity index (χ1v) is 11.7. The fourth-order valence-corrected chi connectivity index (χ4v) is 4.71. The lowest BCUT2D eigenvalue weighted by atomic mass is 10.1. The van der Waals surface area contributed by atoms with Crippen molar-refractivity contribution in [1.82, 2.24) is 14.9 Å². The number of unbranched alkanes of at least 4 members (excludes halogenated alkanes) is 4. The van der Waals surface area contributed by atoms with E-state index in [0.29, 0.717) is 0 Å². The number of nitrogens with zero attached hydrogens (tertiary/aromatic N) is 4. The van der Waals surface area contributed by atoms with E-state index < -0.39 is 0 Å². The average molecular weight is 399 g/mol. The van der Waals surface area contributed by atoms with Gasteiger partial charge in [0, 0.05) is 49.0 Å². The summed E-state index contributed by atoms with van der Waals surface area (Å²) in [6.07, 6.45) is 6.61. The second-order valence-corrected chi connectivity index (χ2v) is 8.78. The van der Waals surface area contributed by atoms with Crippen molar-refractivity contribution in [2.75, 3.05) is 43.4 Å². The molecular weight excluding hydrogens is 364 g/mol. The highest BCUT2D eigenvalue weighted by atomic mass is 32.2. The van der Waals surface area contributed by atoms with E-state index in [1.807, 2.05) is 19.9 Å². The van der Waals surface area contributed by atoms with Gasteiger partial charge in [-0.05, 0) is 51.4 Å². The van der Waals surface area contributed by atoms with Gasteiger partial charge < -0.3 is 4.90 Å². The second-order valence-electron chi connectivity index (χ2n) is 7.71. The Morgan fingerprint density at radius 2 is 1.46 bits per heavy atom. The molecule has 5 heteroatoms. The van der Waals surface area contributed by atoms with Crippen molar-refractivity contribution in [2.24, 2.45) is 0 Å². The van der Waals surface area contributed by atoms with Gasteiger partial charge in [-0.2, -0.15) is 0 Å². The maximum atomic E-state index is 4.50. The number of hydrogen-bond donors (Lipinski definition) is 0. The Morgan fingerprint density at radius 3 is 2.18 bits per heavy atom. The van der Waals surface area contributed by atoms with Crippen LogP contribution in [0.15, 0.2) is 41.6 Å². The second kappa shape index (κ2) is 11.4. The quantitative estimate of drug-likeness (QED) is 0.321. The average Bonchev–Trinajstić information content (AvgIpc) is 2.70. The molecule has 2 aromatic rings. The van der Waals surface area contributed by atoms with Crippen LogP contribution in [0.1, 0.15) is 43.5 Å². The van der Waals surface area contributed by atoms with E-state index in [1.165, 1.54) is 57.4 Å². The van der Waals surface area contributed by atoms with Gasteiger partial charge in [-0.3, -0.25) is 4.90 Å². The van der Waals surface area contributed by atoms with Gasteiger partial charge in [0.1, 0.15) is 0 Å². The smallest absolute Gasteiger partial charge is 0.187 e. The van der Waals surface area contributed by atoms with Crippen LogP contribution >= 0.6 is 11.8 Å². The van der Waals surface area contributed by atoms with Crippen molar-refractivity contribution in [3.8, 4) is 0 Å². The molecule has 28 heavy (non-hydrogen) atoms. The Morgan fingerprint density at radius 1 is 0.821 bits per heavy atom. The van der Waals surface area contributed by atoms with Crippen molar-refractivity contribution in [3.05, 3.63) is 47.8 Å². The van der Waals surface area contributed by atoms with E-state index in [9.17, 15) is 0 Å². The lowest BCUT2D eigenvalue weighted by molar-refractivity contribution is 0.252. The highest BCUT2D eigenvalue weighted by molar-refractivity contribution is 7.99. The van der Waals surface area contributed by atoms with E-state index in [-0.39, 0.29) is 0 Å². The molecule has 0 atom stereocenters. The first-order chi connectivity index (χ1) is 13.7. The van der Waals surface area contributed by atoms with Crippen LogP contribution in [0, 0.1) is 13.8 Å². The van der Waals surface area contributed by atoms with Crippen molar-refractivity contribution >= 4 is 17.4 Å². The van der Waals surface area contributed by atoms with Crippen LogP contribution in [0.2, 0.25) is 0 Å². The van der Waals surface area contributed by atoms with E-state index >= 15 is 0 Å². The lowest BCUT2D eigenvalue weighted by Crippen LogP contribution is -2.46. The molecule has 0 bridgehead atoms. The van der Waals surface area contributed by atoms with E-state index in [0.717, 1.165) is 35.4 Å². The number of anilines is 1. The number of thioether (sulfide) groups is 1. The molecule has 0 saturated carbocycles. The van der Waals surface area contributed by atoms with Gasteiger partial charge in [0.2, 0.25) is 0 Å². The number of para-hydroxylation sites is 1. The number of hydrogen-bond acceptors (Lipinski definition) is 5. The molecule has 0 spiro atoms. The Bertz CT molecular complexity index is 679. The first kappa shape index (κ1) is 21.1. The molecule has 0 unspecified atom stereocenters. The zero-order valence-electron chi connectivity index (χ0n) is 17.4. The van der Waals surface area contributed by atoms with E-state index in [1.54, 1.807) is 11.8 Å². The minimum Gasteiger partial charge on any atom is -0.369 e. The molecule has 1 aliphatic rings. The molecule has 1 saturated heterocycles. The molecule has 0 aliphatic carbocycles. The molecule has 3 rings (SSSR count). The third-order valence-electron chi connectivity index (χ3n) is 5.31. The van der Waals surface area contributed by atoms with Crippen molar-refractivity contribution in [1.29, 1.82) is 0 Å². The molecule has 0 amide bonds. The maximum absolute atomic E-state index is 4.50. The monoisotopic (exact) mass is 398 g/mol. The van der Waals surface area contributed by atoms with E-state index in [4.69, 9.17) is 0 Å². The summed E-state index contributed by atoms with van der Waals surface area (Å²) in [5.74, 6) is 1.13. The van der Waals surface area contributed by atoms with Gasteiger partial charge in [-0.25, -0.2) is 9.97 Å². The zero-order valence-corrected chi connectivity index (χ0v) is 18.3. The Labute approximate surface area is 174 Å². The standard InChI is InChI=1S/C23H34N4S/c1-20-19-21(2)25-23(24-20)28-18-10-5-3-4-9-13-26-14-16-27(17-15-26)22-11-7-6-8-12-22/h6-8,11-12,19H,3-5,9-10,13-18H2,1-2H3. The summed E-state index contributed by atoms with van der Waals surface area (Å²) in [6, 6.07) is 12.8.